The van der Waals surface area contributed by atoms with Crippen LogP contribution in [-0.4, -0.2) is 88.9 Å². The fraction of sp³-hybridized carbons (Fsp3) is 0.750. The van der Waals surface area contributed by atoms with Crippen LogP contribution in [0.4, 0.5) is 9.59 Å². The lowest BCUT2D eigenvalue weighted by atomic mass is 10.1. The second kappa shape index (κ2) is 14.0. The van der Waals surface area contributed by atoms with Gasteiger partial charge in [0.2, 0.25) is 0 Å². The maximum Gasteiger partial charge on any atom is 0.410 e. The summed E-state index contributed by atoms with van der Waals surface area (Å²) >= 11 is 4.05. The summed E-state index contributed by atoms with van der Waals surface area (Å²) in [5.74, 6) is 4.85. The molecule has 0 bridgehead atoms. The monoisotopic (exact) mass is 646 g/mol. The van der Waals surface area contributed by atoms with E-state index in [2.05, 4.69) is 20.7 Å². The van der Waals surface area contributed by atoms with Gasteiger partial charge in [0.1, 0.15) is 11.2 Å². The van der Waals surface area contributed by atoms with E-state index >= 15 is 0 Å². The number of hydrogen-bond acceptors (Lipinski definition) is 8. The summed E-state index contributed by atoms with van der Waals surface area (Å²) in [7, 11) is 0. The standard InChI is InChI=1S/2C16H25N3O2S/c1-16(2,3)21-15(20)18-7-4-12-10-19(17-14(12)11-18)13-5-8-22-9-6-13;1-16(2,3)21-15(20)18-7-4-12-10-17-19(14(12)11-18)13-5-8-22-9-6-13/h2*10,13H,4-9,11H2,1-3H3. The van der Waals surface area contributed by atoms with Crippen LogP contribution in [0, 0.1) is 0 Å². The Balaban J connectivity index is 0.000000175. The molecule has 0 saturated carbocycles. The molecule has 2 amide bonds. The van der Waals surface area contributed by atoms with Gasteiger partial charge in [-0.3, -0.25) is 9.36 Å². The third kappa shape index (κ3) is 8.68. The van der Waals surface area contributed by atoms with Crippen LogP contribution in [0.2, 0.25) is 0 Å². The average Bonchev–Trinajstić information content (AvgIpc) is 3.60. The van der Waals surface area contributed by atoms with Crippen LogP contribution < -0.4 is 0 Å². The van der Waals surface area contributed by atoms with Crippen LogP contribution >= 0.6 is 23.5 Å². The van der Waals surface area contributed by atoms with Crippen molar-refractivity contribution in [3.05, 3.63) is 34.9 Å². The first-order valence-electron chi connectivity index (χ1n) is 16.1. The lowest BCUT2D eigenvalue weighted by Gasteiger charge is -2.32. The van der Waals surface area contributed by atoms with E-state index in [0.29, 0.717) is 38.3 Å². The number of hydrogen-bond donors (Lipinski definition) is 0. The van der Waals surface area contributed by atoms with Gasteiger partial charge in [0.25, 0.3) is 0 Å². The Labute approximate surface area is 270 Å². The molecule has 10 nitrogen and oxygen atoms in total. The van der Waals surface area contributed by atoms with Crippen molar-refractivity contribution in [2.24, 2.45) is 0 Å². The minimum Gasteiger partial charge on any atom is -0.444 e. The summed E-state index contributed by atoms with van der Waals surface area (Å²) in [5.41, 5.74) is 3.93. The number of amides is 2. The number of rotatable bonds is 2. The predicted octanol–water partition coefficient (Wildman–Crippen LogP) is 6.49. The first-order valence-corrected chi connectivity index (χ1v) is 18.4. The van der Waals surface area contributed by atoms with Crippen LogP contribution in [0.1, 0.15) is 102 Å². The largest absolute Gasteiger partial charge is 0.444 e. The topological polar surface area (TPSA) is 94.7 Å². The highest BCUT2D eigenvalue weighted by Crippen LogP contribution is 2.31. The lowest BCUT2D eigenvalue weighted by molar-refractivity contribution is 0.0209. The van der Waals surface area contributed by atoms with Crippen molar-refractivity contribution in [3.8, 4) is 0 Å². The number of nitrogens with zero attached hydrogens (tertiary/aromatic N) is 6. The van der Waals surface area contributed by atoms with E-state index in [1.54, 1.807) is 4.90 Å². The molecule has 2 aromatic heterocycles. The van der Waals surface area contributed by atoms with E-state index < -0.39 is 11.2 Å². The fourth-order valence-corrected chi connectivity index (χ4v) is 8.15. The molecule has 2 fully saturated rings. The van der Waals surface area contributed by atoms with E-state index in [1.807, 2.05) is 76.2 Å². The number of carbonyl (C=O) groups excluding carboxylic acids is 2. The molecule has 44 heavy (non-hydrogen) atoms. The van der Waals surface area contributed by atoms with Crippen LogP contribution in [0.15, 0.2) is 12.4 Å². The van der Waals surface area contributed by atoms with Gasteiger partial charge >= 0.3 is 12.2 Å². The van der Waals surface area contributed by atoms with Crippen LogP contribution in [0.25, 0.3) is 0 Å². The Morgan fingerprint density at radius 3 is 1.86 bits per heavy atom. The van der Waals surface area contributed by atoms with Crippen molar-refractivity contribution < 1.29 is 19.1 Å². The molecular weight excluding hydrogens is 597 g/mol. The molecule has 4 aliphatic rings. The van der Waals surface area contributed by atoms with Gasteiger partial charge in [0.15, 0.2) is 0 Å². The van der Waals surface area contributed by atoms with Crippen LogP contribution in [-0.2, 0) is 35.4 Å². The molecule has 0 aromatic carbocycles. The molecule has 6 rings (SSSR count). The van der Waals surface area contributed by atoms with Crippen molar-refractivity contribution in [1.82, 2.24) is 29.4 Å². The molecule has 0 atom stereocenters. The zero-order valence-electron chi connectivity index (χ0n) is 27.3. The van der Waals surface area contributed by atoms with E-state index in [-0.39, 0.29) is 12.2 Å². The van der Waals surface area contributed by atoms with Crippen LogP contribution in [0.5, 0.6) is 0 Å². The first-order chi connectivity index (χ1) is 20.9. The molecule has 2 aromatic rings. The minimum atomic E-state index is -0.448. The van der Waals surface area contributed by atoms with Gasteiger partial charge in [-0.25, -0.2) is 9.59 Å². The summed E-state index contributed by atoms with van der Waals surface area (Å²) < 4.78 is 15.3. The Morgan fingerprint density at radius 1 is 0.773 bits per heavy atom. The van der Waals surface area contributed by atoms with E-state index in [4.69, 9.17) is 14.6 Å². The Bertz CT molecular complexity index is 1280. The Kier molecular flexibility index (Phi) is 10.5. The Morgan fingerprint density at radius 2 is 1.30 bits per heavy atom. The normalized spacial score (nSPS) is 19.9. The minimum absolute atomic E-state index is 0.218. The highest BCUT2D eigenvalue weighted by atomic mass is 32.2. The lowest BCUT2D eigenvalue weighted by Crippen LogP contribution is -2.40. The van der Waals surface area contributed by atoms with Crippen molar-refractivity contribution in [1.29, 1.82) is 0 Å². The van der Waals surface area contributed by atoms with Crippen molar-refractivity contribution in [2.75, 3.05) is 36.1 Å². The zero-order valence-corrected chi connectivity index (χ0v) is 29.0. The van der Waals surface area contributed by atoms with Gasteiger partial charge < -0.3 is 19.3 Å². The zero-order chi connectivity index (χ0) is 31.5. The molecule has 6 heterocycles. The summed E-state index contributed by atoms with van der Waals surface area (Å²) in [4.78, 5) is 28.1. The van der Waals surface area contributed by atoms with Gasteiger partial charge in [0, 0.05) is 19.3 Å². The molecule has 0 aliphatic carbocycles. The molecular formula is C32H50N6O4S2. The smallest absolute Gasteiger partial charge is 0.410 e. The number of thioether (sulfide) groups is 2. The quantitative estimate of drug-likeness (QED) is 0.366. The van der Waals surface area contributed by atoms with Crippen molar-refractivity contribution >= 4 is 35.7 Å². The van der Waals surface area contributed by atoms with Crippen molar-refractivity contribution in [3.63, 3.8) is 0 Å². The number of ether oxygens (including phenoxy) is 2. The maximum absolute atomic E-state index is 12.3. The second-order valence-electron chi connectivity index (χ2n) is 14.1. The molecule has 244 valence electrons. The molecule has 2 saturated heterocycles. The number of aromatic nitrogens is 4. The van der Waals surface area contributed by atoms with Gasteiger partial charge in [-0.2, -0.15) is 33.7 Å². The van der Waals surface area contributed by atoms with Crippen molar-refractivity contribution in [2.45, 2.75) is 116 Å². The first kappa shape index (κ1) is 33.0. The number of carbonyl (C=O) groups is 2. The molecule has 0 unspecified atom stereocenters. The molecule has 12 heteroatoms. The van der Waals surface area contributed by atoms with E-state index in [9.17, 15) is 9.59 Å². The molecule has 4 aliphatic heterocycles. The highest BCUT2D eigenvalue weighted by molar-refractivity contribution is 7.99. The molecule has 0 radical (unpaired) electrons. The predicted molar refractivity (Wildman–Crippen MR) is 176 cm³/mol. The average molecular weight is 647 g/mol. The third-order valence-electron chi connectivity index (χ3n) is 8.27. The highest BCUT2D eigenvalue weighted by Gasteiger charge is 2.31. The SMILES string of the molecule is CC(C)(C)OC(=O)N1CCc2cn(C3CCSCC3)nc2C1.CC(C)(C)OC(=O)N1CCc2cnn(C3CCSCC3)c2C1. The molecule has 0 spiro atoms. The summed E-state index contributed by atoms with van der Waals surface area (Å²) in [5, 5.41) is 9.38. The van der Waals surface area contributed by atoms with Gasteiger partial charge in [0.05, 0.1) is 42.8 Å². The second-order valence-corrected chi connectivity index (χ2v) is 16.6. The summed E-state index contributed by atoms with van der Waals surface area (Å²) in [6.45, 7) is 14.0. The number of fused-ring (bicyclic) bond motifs is 2. The summed E-state index contributed by atoms with van der Waals surface area (Å²) in [6.07, 6.45) is 10.2. The maximum atomic E-state index is 12.3. The Hall–Kier alpha value is -2.34. The van der Waals surface area contributed by atoms with E-state index in [1.165, 1.54) is 65.5 Å². The third-order valence-corrected chi connectivity index (χ3v) is 10.4. The van der Waals surface area contributed by atoms with E-state index in [0.717, 1.165) is 18.5 Å². The molecule has 0 N–H and O–H groups in total. The van der Waals surface area contributed by atoms with Gasteiger partial charge in [-0.15, -0.1) is 0 Å². The van der Waals surface area contributed by atoms with Crippen LogP contribution in [0.3, 0.4) is 0 Å². The fourth-order valence-electron chi connectivity index (χ4n) is 5.99. The van der Waals surface area contributed by atoms with Gasteiger partial charge in [-0.05, 0) is 114 Å². The van der Waals surface area contributed by atoms with Gasteiger partial charge in [-0.1, -0.05) is 0 Å². The summed E-state index contributed by atoms with van der Waals surface area (Å²) in [6, 6.07) is 1.02.